The zero-order valence-electron chi connectivity index (χ0n) is 25.6. The topological polar surface area (TPSA) is 132 Å². The second-order valence-electron chi connectivity index (χ2n) is 12.5. The first-order valence-electron chi connectivity index (χ1n) is 15.9. The summed E-state index contributed by atoms with van der Waals surface area (Å²) in [6, 6.07) is 1.29. The molecule has 1 aliphatic carbocycles. The fourth-order valence-corrected chi connectivity index (χ4v) is 6.78. The van der Waals surface area contributed by atoms with Crippen molar-refractivity contribution in [3.8, 4) is 0 Å². The average molecular weight is 632 g/mol. The van der Waals surface area contributed by atoms with E-state index in [4.69, 9.17) is 19.8 Å². The van der Waals surface area contributed by atoms with Crippen LogP contribution in [-0.2, 0) is 22.5 Å². The lowest BCUT2D eigenvalue weighted by Gasteiger charge is -2.32. The highest BCUT2D eigenvalue weighted by Gasteiger charge is 2.45. The first-order valence-corrected chi connectivity index (χ1v) is 15.9. The van der Waals surface area contributed by atoms with Gasteiger partial charge in [-0.15, -0.1) is 0 Å². The van der Waals surface area contributed by atoms with Gasteiger partial charge in [-0.25, -0.2) is 9.50 Å². The quantitative estimate of drug-likeness (QED) is 0.387. The molecular weight excluding hydrogens is 591 g/mol. The number of amides is 2. The van der Waals surface area contributed by atoms with Crippen molar-refractivity contribution in [2.75, 3.05) is 37.7 Å². The second kappa shape index (κ2) is 12.9. The Bertz CT molecular complexity index is 1510. The molecule has 3 aromatic rings. The van der Waals surface area contributed by atoms with E-state index in [2.05, 4.69) is 22.7 Å². The summed E-state index contributed by atoms with van der Waals surface area (Å²) in [6.07, 6.45) is 2.58. The Morgan fingerprint density at radius 3 is 2.64 bits per heavy atom. The number of piperidine rings is 1. The molecule has 0 bridgehead atoms. The van der Waals surface area contributed by atoms with Gasteiger partial charge in [0.15, 0.2) is 5.82 Å². The number of hydrogen-bond donors (Lipinski definition) is 2. The summed E-state index contributed by atoms with van der Waals surface area (Å²) in [6.45, 7) is 6.28. The molecule has 2 aliphatic heterocycles. The molecule has 6 rings (SSSR count). The third-order valence-corrected chi connectivity index (χ3v) is 9.44. The van der Waals surface area contributed by atoms with Crippen LogP contribution in [0.15, 0.2) is 18.5 Å². The van der Waals surface area contributed by atoms with Gasteiger partial charge in [-0.1, -0.05) is 19.8 Å². The number of nitrogens with one attached hydrogen (secondary N) is 2. The van der Waals surface area contributed by atoms with E-state index >= 15 is 0 Å². The largest absolute Gasteiger partial charge is 0.393 e. The molecule has 3 atom stereocenters. The number of hydrogen-bond acceptors (Lipinski definition) is 8. The number of morpholine rings is 1. The number of carbonyl (C=O) groups is 2. The molecule has 3 aliphatic rings. The Balaban J connectivity index is 1.35. The fourth-order valence-electron chi connectivity index (χ4n) is 6.78. The first-order chi connectivity index (χ1) is 21.6. The zero-order valence-corrected chi connectivity index (χ0v) is 25.6. The number of nitrogens with zero attached hydrogens (tertiary/aromatic N) is 7. The minimum atomic E-state index is -4.40. The van der Waals surface area contributed by atoms with E-state index in [9.17, 15) is 22.8 Å². The van der Waals surface area contributed by atoms with Crippen LogP contribution in [0.5, 0.6) is 0 Å². The van der Waals surface area contributed by atoms with Crippen molar-refractivity contribution in [3.63, 3.8) is 0 Å². The SMILES string of the molecule is CCn1nccc1C(=O)N[C@H](c1cn2nc(CC3C[C@@H](C(F)(F)F)CNC3=O)c(N3CCOCC3)nc2n1)C1CCC(C)CC1. The standard InChI is InChI=1S/C30H40F3N9O3/c1-3-41-24(8-9-35-41)28(44)37-25(19-6-4-18(2)5-7-19)23-17-42-29(36-23)38-26(40-10-12-45-13-11-40)22(39-42)15-20-14-21(30(31,32)33)16-34-27(20)43/h8-9,17-21,25H,3-7,10-16H2,1-2H3,(H,34,43)(H,37,44)/t18?,19?,20?,21-,25+/m1/s1. The van der Waals surface area contributed by atoms with Gasteiger partial charge in [-0.05, 0) is 44.1 Å². The maximum atomic E-state index is 13.6. The molecule has 1 saturated carbocycles. The molecule has 3 fully saturated rings. The molecule has 0 aromatic carbocycles. The molecule has 0 radical (unpaired) electrons. The van der Waals surface area contributed by atoms with Crippen molar-refractivity contribution < 1.29 is 27.5 Å². The van der Waals surface area contributed by atoms with Crippen LogP contribution in [-0.4, -0.2) is 80.2 Å². The first kappa shape index (κ1) is 31.2. The summed E-state index contributed by atoms with van der Waals surface area (Å²) in [5.74, 6) is -1.62. The lowest BCUT2D eigenvalue weighted by Crippen LogP contribution is -2.47. The van der Waals surface area contributed by atoms with Crippen LogP contribution in [0.25, 0.3) is 5.78 Å². The number of anilines is 1. The molecule has 5 heterocycles. The van der Waals surface area contributed by atoms with Crippen molar-refractivity contribution in [3.05, 3.63) is 35.5 Å². The monoisotopic (exact) mass is 631 g/mol. The third-order valence-electron chi connectivity index (χ3n) is 9.44. The minimum Gasteiger partial charge on any atom is -0.378 e. The van der Waals surface area contributed by atoms with E-state index in [0.717, 1.165) is 25.7 Å². The van der Waals surface area contributed by atoms with E-state index < -0.39 is 36.5 Å². The van der Waals surface area contributed by atoms with Crippen LogP contribution in [0.2, 0.25) is 0 Å². The van der Waals surface area contributed by atoms with E-state index in [1.165, 1.54) is 4.52 Å². The van der Waals surface area contributed by atoms with Crippen molar-refractivity contribution >= 4 is 23.4 Å². The number of aromatic nitrogens is 6. The maximum absolute atomic E-state index is 13.6. The number of ether oxygens (including phenoxy) is 1. The summed E-state index contributed by atoms with van der Waals surface area (Å²) in [5.41, 5.74) is 1.50. The summed E-state index contributed by atoms with van der Waals surface area (Å²) in [5, 5.41) is 14.7. The Hall–Kier alpha value is -3.75. The van der Waals surface area contributed by atoms with E-state index in [0.29, 0.717) is 67.4 Å². The van der Waals surface area contributed by atoms with Gasteiger partial charge in [0.2, 0.25) is 5.91 Å². The highest BCUT2D eigenvalue weighted by molar-refractivity contribution is 5.92. The maximum Gasteiger partial charge on any atom is 0.393 e. The Kier molecular flexibility index (Phi) is 8.98. The second-order valence-corrected chi connectivity index (χ2v) is 12.5. The van der Waals surface area contributed by atoms with Crippen molar-refractivity contribution in [2.45, 2.75) is 71.1 Å². The highest BCUT2D eigenvalue weighted by atomic mass is 19.4. The fraction of sp³-hybridized carbons (Fsp3) is 0.667. The number of carbonyl (C=O) groups excluding carboxylic acids is 2. The number of fused-ring (bicyclic) bond motifs is 1. The molecule has 2 amide bonds. The minimum absolute atomic E-state index is 0.00322. The van der Waals surface area contributed by atoms with Crippen LogP contribution in [0.3, 0.4) is 0 Å². The molecule has 0 spiro atoms. The zero-order chi connectivity index (χ0) is 31.7. The van der Waals surface area contributed by atoms with Crippen LogP contribution >= 0.6 is 0 Å². The number of imidazole rings is 1. The van der Waals surface area contributed by atoms with Crippen molar-refractivity contribution in [1.29, 1.82) is 0 Å². The average Bonchev–Trinajstić information content (AvgIpc) is 3.68. The van der Waals surface area contributed by atoms with Gasteiger partial charge in [0.05, 0.1) is 37.1 Å². The number of alkyl halides is 3. The molecule has 12 nitrogen and oxygen atoms in total. The number of aryl methyl sites for hydroxylation is 1. The normalized spacial score (nSPS) is 25.3. The molecule has 2 saturated heterocycles. The summed E-state index contributed by atoms with van der Waals surface area (Å²) >= 11 is 0. The van der Waals surface area contributed by atoms with Crippen molar-refractivity contribution in [1.82, 2.24) is 40.0 Å². The molecule has 45 heavy (non-hydrogen) atoms. The smallest absolute Gasteiger partial charge is 0.378 e. The Morgan fingerprint density at radius 2 is 1.93 bits per heavy atom. The molecule has 3 aromatic heterocycles. The molecular formula is C30H40F3N9O3. The van der Waals surface area contributed by atoms with Crippen LogP contribution in [0.4, 0.5) is 19.0 Å². The number of halogens is 3. The van der Waals surface area contributed by atoms with Gasteiger partial charge in [0.1, 0.15) is 11.4 Å². The molecule has 1 unspecified atom stereocenters. The van der Waals surface area contributed by atoms with E-state index in [-0.39, 0.29) is 24.7 Å². The predicted molar refractivity (Wildman–Crippen MR) is 157 cm³/mol. The van der Waals surface area contributed by atoms with Gasteiger partial charge < -0.3 is 20.3 Å². The lowest BCUT2D eigenvalue weighted by atomic mass is 9.78. The Labute approximate surface area is 259 Å². The number of rotatable bonds is 8. The van der Waals surface area contributed by atoms with E-state index in [1.807, 2.05) is 11.8 Å². The van der Waals surface area contributed by atoms with Gasteiger partial charge >= 0.3 is 6.18 Å². The van der Waals surface area contributed by atoms with Crippen LogP contribution in [0, 0.1) is 23.7 Å². The predicted octanol–water partition coefficient (Wildman–Crippen LogP) is 3.33. The van der Waals surface area contributed by atoms with Gasteiger partial charge in [-0.2, -0.15) is 28.4 Å². The van der Waals surface area contributed by atoms with E-state index in [1.54, 1.807) is 23.1 Å². The molecule has 2 N–H and O–H groups in total. The molecule has 15 heteroatoms. The van der Waals surface area contributed by atoms with Gasteiger partial charge in [0, 0.05) is 44.7 Å². The van der Waals surface area contributed by atoms with Crippen LogP contribution in [0.1, 0.15) is 73.9 Å². The summed E-state index contributed by atoms with van der Waals surface area (Å²) in [7, 11) is 0. The van der Waals surface area contributed by atoms with Crippen molar-refractivity contribution in [2.24, 2.45) is 23.7 Å². The van der Waals surface area contributed by atoms with Gasteiger partial charge in [-0.3, -0.25) is 14.3 Å². The third kappa shape index (κ3) is 6.77. The highest BCUT2D eigenvalue weighted by Crippen LogP contribution is 2.38. The molecule has 244 valence electrons. The lowest BCUT2D eigenvalue weighted by molar-refractivity contribution is -0.183. The summed E-state index contributed by atoms with van der Waals surface area (Å²) < 4.78 is 49.4. The van der Waals surface area contributed by atoms with Crippen LogP contribution < -0.4 is 15.5 Å². The summed E-state index contributed by atoms with van der Waals surface area (Å²) in [4.78, 5) is 37.9. The Morgan fingerprint density at radius 1 is 1.18 bits per heavy atom. The van der Waals surface area contributed by atoms with Gasteiger partial charge in [0.25, 0.3) is 11.7 Å².